The van der Waals surface area contributed by atoms with Gasteiger partial charge in [-0.25, -0.2) is 0 Å². The Bertz CT molecular complexity index is 234. The lowest BCUT2D eigenvalue weighted by Crippen LogP contribution is -2.05. The Balaban J connectivity index is 2.98. The van der Waals surface area contributed by atoms with Crippen molar-refractivity contribution in [1.29, 1.82) is 0 Å². The minimum Gasteiger partial charge on any atom is -0.323 e. The summed E-state index contributed by atoms with van der Waals surface area (Å²) in [7, 11) is 0. The molecule has 0 amide bonds. The predicted octanol–water partition coefficient (Wildman–Crippen LogP) is -0.277. The molecule has 0 aliphatic rings. The van der Waals surface area contributed by atoms with E-state index >= 15 is 0 Å². The maximum Gasteiger partial charge on any atom is 0.264 e. The van der Waals surface area contributed by atoms with Crippen molar-refractivity contribution in [3.8, 4) is 0 Å². The summed E-state index contributed by atoms with van der Waals surface area (Å²) in [6, 6.07) is 1.34. The van der Waals surface area contributed by atoms with Gasteiger partial charge in [-0.3, -0.25) is 9.89 Å². The van der Waals surface area contributed by atoms with Crippen LogP contribution in [0.15, 0.2) is 10.9 Å². The number of aromatic nitrogens is 2. The number of aromatic amines is 2. The van der Waals surface area contributed by atoms with Crippen molar-refractivity contribution in [3.05, 3.63) is 22.1 Å². The Morgan fingerprint density at radius 1 is 1.67 bits per heavy atom. The summed E-state index contributed by atoms with van der Waals surface area (Å²) < 4.78 is 0. The van der Waals surface area contributed by atoms with E-state index in [4.69, 9.17) is 5.73 Å². The molecule has 1 aromatic heterocycles. The fraction of sp³-hybridized carbons (Fsp3) is 0.400. The van der Waals surface area contributed by atoms with Crippen molar-refractivity contribution in [1.82, 2.24) is 10.2 Å². The van der Waals surface area contributed by atoms with Crippen LogP contribution in [0.4, 0.5) is 0 Å². The van der Waals surface area contributed by atoms with Crippen molar-refractivity contribution in [2.24, 2.45) is 5.73 Å². The molecule has 0 aromatic carbocycles. The Morgan fingerprint density at radius 2 is 2.33 bits per heavy atom. The van der Waals surface area contributed by atoms with Crippen LogP contribution in [0.25, 0.3) is 0 Å². The Hall–Kier alpha value is -1.03. The SMILES string of the molecule is CC(N)c1cc(=O)[nH][nH]1. The topological polar surface area (TPSA) is 74.7 Å². The van der Waals surface area contributed by atoms with Crippen molar-refractivity contribution in [2.45, 2.75) is 13.0 Å². The molecular weight excluding hydrogens is 118 g/mol. The summed E-state index contributed by atoms with van der Waals surface area (Å²) in [4.78, 5) is 10.5. The minimum atomic E-state index is -0.137. The summed E-state index contributed by atoms with van der Waals surface area (Å²) in [5.74, 6) is 0. The highest BCUT2D eigenvalue weighted by molar-refractivity contribution is 5.01. The zero-order chi connectivity index (χ0) is 6.85. The summed E-state index contributed by atoms with van der Waals surface area (Å²) in [6.07, 6.45) is 0. The van der Waals surface area contributed by atoms with E-state index < -0.39 is 0 Å². The fourth-order valence-electron chi connectivity index (χ4n) is 0.592. The molecule has 4 N–H and O–H groups in total. The Labute approximate surface area is 52.1 Å². The molecule has 0 saturated carbocycles. The largest absolute Gasteiger partial charge is 0.323 e. The van der Waals surface area contributed by atoms with Gasteiger partial charge in [-0.2, -0.15) is 0 Å². The van der Waals surface area contributed by atoms with Crippen molar-refractivity contribution < 1.29 is 0 Å². The molecule has 1 aromatic rings. The normalized spacial score (nSPS) is 13.6. The van der Waals surface area contributed by atoms with E-state index in [1.54, 1.807) is 6.92 Å². The third-order valence-corrected chi connectivity index (χ3v) is 1.11. The first kappa shape index (κ1) is 6.10. The summed E-state index contributed by atoms with van der Waals surface area (Å²) in [6.45, 7) is 1.80. The summed E-state index contributed by atoms with van der Waals surface area (Å²) in [5, 5.41) is 5.03. The molecule has 1 rings (SSSR count). The molecule has 0 aliphatic heterocycles. The third kappa shape index (κ3) is 1.20. The van der Waals surface area contributed by atoms with Crippen LogP contribution in [0.2, 0.25) is 0 Å². The molecule has 1 heterocycles. The monoisotopic (exact) mass is 127 g/mol. The van der Waals surface area contributed by atoms with E-state index in [1.807, 2.05) is 0 Å². The van der Waals surface area contributed by atoms with Crippen LogP contribution in [0.5, 0.6) is 0 Å². The standard InChI is InChI=1S/C5H9N3O/c1-3(6)4-2-5(9)8-7-4/h2-3H,6H2,1H3,(H2,7,8,9). The number of hydrogen-bond donors (Lipinski definition) is 3. The van der Waals surface area contributed by atoms with Gasteiger partial charge in [-0.1, -0.05) is 0 Å². The van der Waals surface area contributed by atoms with Crippen LogP contribution in [-0.4, -0.2) is 10.2 Å². The second-order valence-corrected chi connectivity index (χ2v) is 2.00. The van der Waals surface area contributed by atoms with E-state index in [2.05, 4.69) is 10.2 Å². The van der Waals surface area contributed by atoms with Crippen LogP contribution < -0.4 is 11.3 Å². The second-order valence-electron chi connectivity index (χ2n) is 2.00. The molecule has 0 saturated heterocycles. The molecule has 0 radical (unpaired) electrons. The first-order chi connectivity index (χ1) is 4.20. The highest BCUT2D eigenvalue weighted by Gasteiger charge is 1.99. The van der Waals surface area contributed by atoms with Gasteiger partial charge in [0.2, 0.25) is 0 Å². The molecule has 0 fully saturated rings. The van der Waals surface area contributed by atoms with Gasteiger partial charge < -0.3 is 10.8 Å². The molecule has 50 valence electrons. The molecule has 0 spiro atoms. The second kappa shape index (κ2) is 2.06. The van der Waals surface area contributed by atoms with E-state index in [0.29, 0.717) is 0 Å². The number of hydrogen-bond acceptors (Lipinski definition) is 2. The average molecular weight is 127 g/mol. The van der Waals surface area contributed by atoms with Crippen molar-refractivity contribution in [2.75, 3.05) is 0 Å². The van der Waals surface area contributed by atoms with Gasteiger partial charge in [0.15, 0.2) is 0 Å². The quantitative estimate of drug-likeness (QED) is 0.485. The summed E-state index contributed by atoms with van der Waals surface area (Å²) >= 11 is 0. The highest BCUT2D eigenvalue weighted by atomic mass is 16.1. The number of nitrogens with one attached hydrogen (secondary N) is 2. The molecule has 9 heavy (non-hydrogen) atoms. The van der Waals surface area contributed by atoms with Crippen LogP contribution in [0.1, 0.15) is 18.7 Å². The maximum absolute atomic E-state index is 10.5. The first-order valence-electron chi connectivity index (χ1n) is 2.73. The molecular formula is C5H9N3O. The molecule has 1 unspecified atom stereocenters. The maximum atomic E-state index is 10.5. The Morgan fingerprint density at radius 3 is 2.56 bits per heavy atom. The first-order valence-corrected chi connectivity index (χ1v) is 2.73. The zero-order valence-corrected chi connectivity index (χ0v) is 5.14. The lowest BCUT2D eigenvalue weighted by molar-refractivity contribution is 0.772. The van der Waals surface area contributed by atoms with Gasteiger partial charge in [-0.05, 0) is 6.92 Å². The number of rotatable bonds is 1. The van der Waals surface area contributed by atoms with Gasteiger partial charge >= 0.3 is 0 Å². The Kier molecular flexibility index (Phi) is 1.40. The number of nitrogens with two attached hydrogens (primary N) is 1. The van der Waals surface area contributed by atoms with Gasteiger partial charge in [0.05, 0.1) is 5.69 Å². The van der Waals surface area contributed by atoms with E-state index in [0.717, 1.165) is 5.69 Å². The lowest BCUT2D eigenvalue weighted by Gasteiger charge is -1.96. The van der Waals surface area contributed by atoms with Gasteiger partial charge in [0, 0.05) is 12.1 Å². The van der Waals surface area contributed by atoms with Crippen LogP contribution >= 0.6 is 0 Å². The molecule has 0 aliphatic carbocycles. The molecule has 4 nitrogen and oxygen atoms in total. The minimum absolute atomic E-state index is 0.107. The average Bonchev–Trinajstić information content (AvgIpc) is 2.14. The fourth-order valence-corrected chi connectivity index (χ4v) is 0.592. The third-order valence-electron chi connectivity index (χ3n) is 1.11. The van der Waals surface area contributed by atoms with E-state index in [-0.39, 0.29) is 11.6 Å². The predicted molar refractivity (Wildman–Crippen MR) is 34.0 cm³/mol. The highest BCUT2D eigenvalue weighted by Crippen LogP contribution is 1.98. The van der Waals surface area contributed by atoms with Crippen LogP contribution in [-0.2, 0) is 0 Å². The molecule has 4 heteroatoms. The van der Waals surface area contributed by atoms with Crippen molar-refractivity contribution in [3.63, 3.8) is 0 Å². The molecule has 1 atom stereocenters. The summed E-state index contributed by atoms with van der Waals surface area (Å²) in [5.41, 5.74) is 6.04. The number of H-pyrrole nitrogens is 2. The lowest BCUT2D eigenvalue weighted by atomic mass is 10.3. The van der Waals surface area contributed by atoms with Crippen molar-refractivity contribution >= 4 is 0 Å². The smallest absolute Gasteiger partial charge is 0.264 e. The van der Waals surface area contributed by atoms with E-state index in [1.165, 1.54) is 6.07 Å². The van der Waals surface area contributed by atoms with Crippen LogP contribution in [0, 0.1) is 0 Å². The van der Waals surface area contributed by atoms with Crippen LogP contribution in [0.3, 0.4) is 0 Å². The van der Waals surface area contributed by atoms with E-state index in [9.17, 15) is 4.79 Å². The van der Waals surface area contributed by atoms with Gasteiger partial charge in [0.25, 0.3) is 5.56 Å². The van der Waals surface area contributed by atoms with Gasteiger partial charge in [0.1, 0.15) is 0 Å². The molecule has 0 bridgehead atoms. The van der Waals surface area contributed by atoms with Gasteiger partial charge in [-0.15, -0.1) is 0 Å². The zero-order valence-electron chi connectivity index (χ0n) is 5.14.